The molecule has 148 valence electrons. The van der Waals surface area contributed by atoms with Crippen molar-refractivity contribution in [2.24, 2.45) is 5.10 Å². The maximum absolute atomic E-state index is 12.4. The predicted molar refractivity (Wildman–Crippen MR) is 109 cm³/mol. The summed E-state index contributed by atoms with van der Waals surface area (Å²) in [6.07, 6.45) is 4.43. The number of carbonyl (C=O) groups is 1. The fraction of sp³-hybridized carbons (Fsp3) is 0.143. The van der Waals surface area contributed by atoms with Gasteiger partial charge in [0.25, 0.3) is 5.91 Å². The Morgan fingerprint density at radius 1 is 1.00 bits per heavy atom. The van der Waals surface area contributed by atoms with Crippen LogP contribution in [0.5, 0.6) is 17.2 Å². The van der Waals surface area contributed by atoms with E-state index < -0.39 is 5.91 Å². The van der Waals surface area contributed by atoms with Gasteiger partial charge in [0.1, 0.15) is 22.9 Å². The summed E-state index contributed by atoms with van der Waals surface area (Å²) in [5, 5.41) is 3.98. The van der Waals surface area contributed by atoms with E-state index in [0.29, 0.717) is 28.5 Å². The summed E-state index contributed by atoms with van der Waals surface area (Å²) in [5.74, 6) is 1.39. The molecule has 1 heterocycles. The van der Waals surface area contributed by atoms with Crippen LogP contribution in [-0.4, -0.2) is 43.4 Å². The van der Waals surface area contributed by atoms with Crippen LogP contribution in [-0.2, 0) is 0 Å². The van der Waals surface area contributed by atoms with Gasteiger partial charge >= 0.3 is 0 Å². The number of methoxy groups -OCH3 is 3. The van der Waals surface area contributed by atoms with Crippen molar-refractivity contribution in [3.8, 4) is 28.5 Å². The Balaban J connectivity index is 1.76. The fourth-order valence-corrected chi connectivity index (χ4v) is 2.59. The number of hydrogen-bond donors (Lipinski definition) is 1. The second-order valence-corrected chi connectivity index (χ2v) is 5.83. The highest BCUT2D eigenvalue weighted by Crippen LogP contribution is 2.27. The van der Waals surface area contributed by atoms with Crippen LogP contribution < -0.4 is 19.6 Å². The molecular formula is C21H20N4O4. The Morgan fingerprint density at radius 3 is 2.41 bits per heavy atom. The third-order valence-corrected chi connectivity index (χ3v) is 4.00. The molecule has 0 spiro atoms. The molecule has 0 unspecified atom stereocenters. The molecule has 0 aliphatic carbocycles. The van der Waals surface area contributed by atoms with E-state index in [1.54, 1.807) is 45.7 Å². The average Bonchev–Trinajstić information content (AvgIpc) is 2.78. The Labute approximate surface area is 168 Å². The summed E-state index contributed by atoms with van der Waals surface area (Å²) in [6.45, 7) is 0. The lowest BCUT2D eigenvalue weighted by molar-refractivity contribution is 0.0950. The molecule has 29 heavy (non-hydrogen) atoms. The van der Waals surface area contributed by atoms with Crippen molar-refractivity contribution in [3.63, 3.8) is 0 Å². The van der Waals surface area contributed by atoms with Crippen LogP contribution >= 0.6 is 0 Å². The molecule has 0 aliphatic rings. The third-order valence-electron chi connectivity index (χ3n) is 4.00. The maximum Gasteiger partial charge on any atom is 0.291 e. The largest absolute Gasteiger partial charge is 0.497 e. The molecule has 0 saturated heterocycles. The lowest BCUT2D eigenvalue weighted by atomic mass is 10.1. The van der Waals surface area contributed by atoms with Crippen LogP contribution in [0.3, 0.4) is 0 Å². The van der Waals surface area contributed by atoms with Gasteiger partial charge in [-0.15, -0.1) is 0 Å². The second kappa shape index (κ2) is 9.32. The average molecular weight is 392 g/mol. The minimum Gasteiger partial charge on any atom is -0.497 e. The normalized spacial score (nSPS) is 10.6. The number of hydrogen-bond acceptors (Lipinski definition) is 7. The zero-order valence-corrected chi connectivity index (χ0v) is 16.2. The first kappa shape index (κ1) is 19.8. The molecule has 1 N–H and O–H groups in total. The molecule has 3 aromatic rings. The molecule has 8 heteroatoms. The highest BCUT2D eigenvalue weighted by molar-refractivity contribution is 5.93. The molecule has 2 aromatic carbocycles. The van der Waals surface area contributed by atoms with E-state index in [1.165, 1.54) is 12.4 Å². The van der Waals surface area contributed by atoms with E-state index in [-0.39, 0.29) is 5.69 Å². The van der Waals surface area contributed by atoms with Gasteiger partial charge in [0.05, 0.1) is 45.6 Å². The number of carbonyl (C=O) groups excluding carboxylic acids is 1. The van der Waals surface area contributed by atoms with Crippen LogP contribution in [0.4, 0.5) is 0 Å². The quantitative estimate of drug-likeness (QED) is 0.491. The van der Waals surface area contributed by atoms with E-state index in [1.807, 2.05) is 24.3 Å². The van der Waals surface area contributed by atoms with Crippen molar-refractivity contribution < 1.29 is 19.0 Å². The highest BCUT2D eigenvalue weighted by Gasteiger charge is 2.12. The van der Waals surface area contributed by atoms with E-state index in [2.05, 4.69) is 20.5 Å². The summed E-state index contributed by atoms with van der Waals surface area (Å²) < 4.78 is 15.8. The number of para-hydroxylation sites is 1. The zero-order valence-electron chi connectivity index (χ0n) is 16.2. The topological polar surface area (TPSA) is 94.9 Å². The molecular weight excluding hydrogens is 372 g/mol. The fourth-order valence-electron chi connectivity index (χ4n) is 2.59. The van der Waals surface area contributed by atoms with Crippen LogP contribution in [0, 0.1) is 0 Å². The van der Waals surface area contributed by atoms with E-state index in [0.717, 1.165) is 5.56 Å². The summed E-state index contributed by atoms with van der Waals surface area (Å²) in [6, 6.07) is 12.7. The van der Waals surface area contributed by atoms with Crippen molar-refractivity contribution >= 4 is 12.1 Å². The smallest absolute Gasteiger partial charge is 0.291 e. The lowest BCUT2D eigenvalue weighted by Gasteiger charge is -2.08. The molecule has 0 aliphatic heterocycles. The monoisotopic (exact) mass is 392 g/mol. The van der Waals surface area contributed by atoms with Crippen molar-refractivity contribution in [1.29, 1.82) is 0 Å². The maximum atomic E-state index is 12.4. The minimum absolute atomic E-state index is 0.133. The van der Waals surface area contributed by atoms with Crippen molar-refractivity contribution in [2.75, 3.05) is 21.3 Å². The number of hydrazone groups is 1. The summed E-state index contributed by atoms with van der Waals surface area (Å²) in [4.78, 5) is 20.9. The molecule has 0 atom stereocenters. The molecule has 8 nitrogen and oxygen atoms in total. The molecule has 0 saturated carbocycles. The van der Waals surface area contributed by atoms with Gasteiger partial charge in [-0.05, 0) is 24.3 Å². The first-order valence-corrected chi connectivity index (χ1v) is 8.66. The molecule has 0 fully saturated rings. The number of benzene rings is 2. The first-order valence-electron chi connectivity index (χ1n) is 8.66. The minimum atomic E-state index is -0.486. The Kier molecular flexibility index (Phi) is 6.36. The van der Waals surface area contributed by atoms with Gasteiger partial charge in [-0.25, -0.2) is 10.4 Å². The highest BCUT2D eigenvalue weighted by atomic mass is 16.5. The van der Waals surface area contributed by atoms with E-state index in [4.69, 9.17) is 14.2 Å². The Hall–Kier alpha value is -3.94. The number of rotatable bonds is 7. The summed E-state index contributed by atoms with van der Waals surface area (Å²) >= 11 is 0. The SMILES string of the molecule is COc1cc(/C=N/NC(=O)c2cncc(-c3ccccc3OC)n2)cc(OC)c1. The van der Waals surface area contributed by atoms with Gasteiger partial charge in [-0.2, -0.15) is 5.10 Å². The van der Waals surface area contributed by atoms with Gasteiger partial charge in [-0.1, -0.05) is 12.1 Å². The molecule has 0 radical (unpaired) electrons. The number of nitrogens with zero attached hydrogens (tertiary/aromatic N) is 3. The van der Waals surface area contributed by atoms with Gasteiger partial charge < -0.3 is 14.2 Å². The third kappa shape index (κ3) is 4.86. The van der Waals surface area contributed by atoms with Crippen LogP contribution in [0.25, 0.3) is 11.3 Å². The molecule has 1 aromatic heterocycles. The Bertz CT molecular complexity index is 1010. The first-order chi connectivity index (χ1) is 14.1. The molecule has 0 bridgehead atoms. The number of ether oxygens (including phenoxy) is 3. The van der Waals surface area contributed by atoms with Crippen LogP contribution in [0.1, 0.15) is 16.1 Å². The summed E-state index contributed by atoms with van der Waals surface area (Å²) in [7, 11) is 4.70. The van der Waals surface area contributed by atoms with Crippen molar-refractivity contribution in [2.45, 2.75) is 0 Å². The van der Waals surface area contributed by atoms with Crippen LogP contribution in [0.15, 0.2) is 60.0 Å². The standard InChI is InChI=1S/C21H20N4O4/c1-27-15-8-14(9-16(10-15)28-2)11-23-25-21(26)19-13-22-12-18(24-19)17-6-4-5-7-20(17)29-3/h4-13H,1-3H3,(H,25,26)/b23-11+. The second-order valence-electron chi connectivity index (χ2n) is 5.83. The van der Waals surface area contributed by atoms with E-state index in [9.17, 15) is 4.79 Å². The lowest BCUT2D eigenvalue weighted by Crippen LogP contribution is -2.19. The molecule has 1 amide bonds. The van der Waals surface area contributed by atoms with Crippen LogP contribution in [0.2, 0.25) is 0 Å². The van der Waals surface area contributed by atoms with Gasteiger partial charge in [0.2, 0.25) is 0 Å². The number of amides is 1. The summed E-state index contributed by atoms with van der Waals surface area (Å²) in [5.41, 5.74) is 4.55. The van der Waals surface area contributed by atoms with Gasteiger partial charge in [0.15, 0.2) is 0 Å². The van der Waals surface area contributed by atoms with Crippen molar-refractivity contribution in [3.05, 3.63) is 66.1 Å². The van der Waals surface area contributed by atoms with Gasteiger partial charge in [0, 0.05) is 17.2 Å². The Morgan fingerprint density at radius 2 is 1.72 bits per heavy atom. The molecule has 3 rings (SSSR count). The van der Waals surface area contributed by atoms with Gasteiger partial charge in [-0.3, -0.25) is 9.78 Å². The number of nitrogens with one attached hydrogen (secondary N) is 1. The van der Waals surface area contributed by atoms with Crippen molar-refractivity contribution in [1.82, 2.24) is 15.4 Å². The number of aromatic nitrogens is 2. The van der Waals surface area contributed by atoms with E-state index >= 15 is 0 Å². The predicted octanol–water partition coefficient (Wildman–Crippen LogP) is 2.93. The zero-order chi connectivity index (χ0) is 20.6.